The Morgan fingerprint density at radius 1 is 1.25 bits per heavy atom. The van der Waals surface area contributed by atoms with E-state index in [-0.39, 0.29) is 12.5 Å². The average molecular weight is 410 g/mol. The maximum Gasteiger partial charge on any atom is 0.277 e. The van der Waals surface area contributed by atoms with Crippen LogP contribution in [0.3, 0.4) is 0 Å². The number of hydrazone groups is 1. The second-order valence-electron chi connectivity index (χ2n) is 5.07. The van der Waals surface area contributed by atoms with Gasteiger partial charge in [-0.25, -0.2) is 5.43 Å². The lowest BCUT2D eigenvalue weighted by atomic mass is 10.1. The minimum Gasteiger partial charge on any atom is -0.483 e. The number of nitrogens with one attached hydrogen (secondary N) is 1. The number of hydrogen-bond donors (Lipinski definition) is 1. The molecule has 0 saturated heterocycles. The van der Waals surface area contributed by atoms with Gasteiger partial charge in [-0.3, -0.25) is 4.79 Å². The smallest absolute Gasteiger partial charge is 0.277 e. The minimum absolute atomic E-state index is 0.127. The number of nitrogens with zero attached hydrogens (tertiary/aromatic N) is 1. The van der Waals surface area contributed by atoms with Crippen LogP contribution in [0.5, 0.6) is 5.75 Å². The third kappa shape index (κ3) is 5.65. The molecular formula is C18H18BrClN2O2. The van der Waals surface area contributed by atoms with E-state index in [9.17, 15) is 4.79 Å². The summed E-state index contributed by atoms with van der Waals surface area (Å²) in [4.78, 5) is 12.0. The van der Waals surface area contributed by atoms with Gasteiger partial charge in [0.05, 0.1) is 10.2 Å². The van der Waals surface area contributed by atoms with E-state index in [4.69, 9.17) is 16.3 Å². The topological polar surface area (TPSA) is 50.7 Å². The first kappa shape index (κ1) is 18.5. The molecule has 0 bridgehead atoms. The largest absolute Gasteiger partial charge is 0.483 e. The first-order chi connectivity index (χ1) is 11.6. The first-order valence-corrected chi connectivity index (χ1v) is 8.76. The van der Waals surface area contributed by atoms with E-state index in [1.807, 2.05) is 30.3 Å². The molecule has 1 amide bonds. The van der Waals surface area contributed by atoms with Crippen LogP contribution < -0.4 is 10.2 Å². The highest BCUT2D eigenvalue weighted by Crippen LogP contribution is 2.27. The van der Waals surface area contributed by atoms with Crippen molar-refractivity contribution in [3.8, 4) is 5.75 Å². The number of halogens is 2. The monoisotopic (exact) mass is 408 g/mol. The molecule has 0 aliphatic carbocycles. The Morgan fingerprint density at radius 3 is 2.67 bits per heavy atom. The Labute approximate surface area is 155 Å². The Bertz CT molecular complexity index is 720. The van der Waals surface area contributed by atoms with Gasteiger partial charge in [0, 0.05) is 5.02 Å². The standard InChI is InChI=1S/C18H18BrClN2O2/c1-2-6-16(13-7-4-3-5-8-13)21-22-18(23)12-24-17-10-9-14(20)11-15(17)19/h3-5,7-11H,2,6,12H2,1H3,(H,22,23). The molecule has 0 unspecified atom stereocenters. The Kier molecular flexibility index (Phi) is 7.28. The van der Waals surface area contributed by atoms with E-state index in [1.54, 1.807) is 18.2 Å². The zero-order valence-corrected chi connectivity index (χ0v) is 15.6. The van der Waals surface area contributed by atoms with Crippen molar-refractivity contribution in [3.63, 3.8) is 0 Å². The van der Waals surface area contributed by atoms with Gasteiger partial charge < -0.3 is 4.74 Å². The first-order valence-electron chi connectivity index (χ1n) is 7.59. The molecule has 0 spiro atoms. The predicted molar refractivity (Wildman–Crippen MR) is 101 cm³/mol. The molecule has 24 heavy (non-hydrogen) atoms. The zero-order chi connectivity index (χ0) is 17.4. The highest BCUT2D eigenvalue weighted by atomic mass is 79.9. The number of amides is 1. The molecule has 0 heterocycles. The lowest BCUT2D eigenvalue weighted by Gasteiger charge is -2.09. The van der Waals surface area contributed by atoms with E-state index in [1.165, 1.54) is 0 Å². The van der Waals surface area contributed by atoms with Gasteiger partial charge in [-0.15, -0.1) is 0 Å². The normalized spacial score (nSPS) is 11.2. The molecule has 0 aliphatic rings. The van der Waals surface area contributed by atoms with Crippen LogP contribution in [0, 0.1) is 0 Å². The summed E-state index contributed by atoms with van der Waals surface area (Å²) in [7, 11) is 0. The highest BCUT2D eigenvalue weighted by molar-refractivity contribution is 9.10. The number of benzene rings is 2. The molecule has 0 atom stereocenters. The van der Waals surface area contributed by atoms with Gasteiger partial charge in [-0.1, -0.05) is 55.3 Å². The Balaban J connectivity index is 1.95. The van der Waals surface area contributed by atoms with E-state index in [0.717, 1.165) is 24.1 Å². The van der Waals surface area contributed by atoms with Crippen molar-refractivity contribution < 1.29 is 9.53 Å². The predicted octanol–water partition coefficient (Wildman–Crippen LogP) is 4.80. The maximum absolute atomic E-state index is 12.0. The quantitative estimate of drug-likeness (QED) is 0.527. The van der Waals surface area contributed by atoms with Crippen molar-refractivity contribution in [2.75, 3.05) is 6.61 Å². The van der Waals surface area contributed by atoms with Crippen LogP contribution in [0.2, 0.25) is 5.02 Å². The van der Waals surface area contributed by atoms with Crippen molar-refractivity contribution in [1.82, 2.24) is 5.43 Å². The molecule has 0 saturated carbocycles. The number of rotatable bonds is 7. The second-order valence-corrected chi connectivity index (χ2v) is 6.36. The van der Waals surface area contributed by atoms with Crippen molar-refractivity contribution in [1.29, 1.82) is 0 Å². The summed E-state index contributed by atoms with van der Waals surface area (Å²) in [5.74, 6) is 0.233. The van der Waals surface area contributed by atoms with Crippen LogP contribution in [0.1, 0.15) is 25.3 Å². The lowest BCUT2D eigenvalue weighted by Crippen LogP contribution is -2.26. The van der Waals surface area contributed by atoms with Crippen molar-refractivity contribution in [2.45, 2.75) is 19.8 Å². The van der Waals surface area contributed by atoms with E-state index < -0.39 is 0 Å². The number of carbonyl (C=O) groups excluding carboxylic acids is 1. The number of ether oxygens (including phenoxy) is 1. The van der Waals surface area contributed by atoms with Crippen LogP contribution in [0.15, 0.2) is 58.1 Å². The summed E-state index contributed by atoms with van der Waals surface area (Å²) < 4.78 is 6.16. The molecule has 0 aromatic heterocycles. The second kappa shape index (κ2) is 9.45. The summed E-state index contributed by atoms with van der Waals surface area (Å²) in [6.45, 7) is 1.94. The summed E-state index contributed by atoms with van der Waals surface area (Å²) in [5.41, 5.74) is 4.40. The average Bonchev–Trinajstić information content (AvgIpc) is 2.58. The zero-order valence-electron chi connectivity index (χ0n) is 13.3. The summed E-state index contributed by atoms with van der Waals surface area (Å²) in [5, 5.41) is 4.83. The maximum atomic E-state index is 12.0. The van der Waals surface area contributed by atoms with Gasteiger partial charge in [-0.2, -0.15) is 5.10 Å². The molecule has 2 aromatic carbocycles. The van der Waals surface area contributed by atoms with Crippen molar-refractivity contribution >= 4 is 39.1 Å². The van der Waals surface area contributed by atoms with Crippen LogP contribution >= 0.6 is 27.5 Å². The molecule has 2 rings (SSSR count). The van der Waals surface area contributed by atoms with E-state index in [2.05, 4.69) is 33.4 Å². The van der Waals surface area contributed by atoms with Crippen LogP contribution in [0.25, 0.3) is 0 Å². The summed E-state index contributed by atoms with van der Waals surface area (Å²) in [6.07, 6.45) is 1.73. The molecule has 126 valence electrons. The molecular weight excluding hydrogens is 392 g/mol. The molecule has 0 radical (unpaired) electrons. The molecule has 0 fully saturated rings. The highest BCUT2D eigenvalue weighted by Gasteiger charge is 2.07. The fourth-order valence-corrected chi connectivity index (χ4v) is 2.83. The molecule has 0 aliphatic heterocycles. The van der Waals surface area contributed by atoms with Crippen LogP contribution in [-0.4, -0.2) is 18.2 Å². The molecule has 2 aromatic rings. The molecule has 1 N–H and O–H groups in total. The summed E-state index contributed by atoms with van der Waals surface area (Å²) >= 11 is 9.21. The summed E-state index contributed by atoms with van der Waals surface area (Å²) in [6, 6.07) is 14.9. The van der Waals surface area contributed by atoms with Gasteiger partial charge >= 0.3 is 0 Å². The number of carbonyl (C=O) groups is 1. The van der Waals surface area contributed by atoms with E-state index >= 15 is 0 Å². The van der Waals surface area contributed by atoms with Gasteiger partial charge in [0.15, 0.2) is 6.61 Å². The van der Waals surface area contributed by atoms with Crippen molar-refractivity contribution in [3.05, 3.63) is 63.6 Å². The SMILES string of the molecule is CCCC(=NNC(=O)COc1ccc(Cl)cc1Br)c1ccccc1. The van der Waals surface area contributed by atoms with Gasteiger partial charge in [0.25, 0.3) is 5.91 Å². The van der Waals surface area contributed by atoms with Crippen molar-refractivity contribution in [2.24, 2.45) is 5.10 Å². The third-order valence-electron chi connectivity index (χ3n) is 3.16. The third-order valence-corrected chi connectivity index (χ3v) is 4.02. The van der Waals surface area contributed by atoms with E-state index in [0.29, 0.717) is 15.2 Å². The molecule has 6 heteroatoms. The Morgan fingerprint density at radius 2 is 2.00 bits per heavy atom. The van der Waals surface area contributed by atoms with Crippen LogP contribution in [-0.2, 0) is 4.79 Å². The van der Waals surface area contributed by atoms with Gasteiger partial charge in [-0.05, 0) is 46.1 Å². The Hall–Kier alpha value is -1.85. The fraction of sp³-hybridized carbons (Fsp3) is 0.222. The van der Waals surface area contributed by atoms with Gasteiger partial charge in [0.1, 0.15) is 5.75 Å². The fourth-order valence-electron chi connectivity index (χ4n) is 2.03. The lowest BCUT2D eigenvalue weighted by molar-refractivity contribution is -0.123. The number of hydrogen-bond acceptors (Lipinski definition) is 3. The molecule has 4 nitrogen and oxygen atoms in total. The van der Waals surface area contributed by atoms with Crippen LogP contribution in [0.4, 0.5) is 0 Å². The minimum atomic E-state index is -0.318. The van der Waals surface area contributed by atoms with Gasteiger partial charge in [0.2, 0.25) is 0 Å².